The van der Waals surface area contributed by atoms with Gasteiger partial charge in [0.05, 0.1) is 5.92 Å². The molecule has 1 aliphatic carbocycles. The van der Waals surface area contributed by atoms with E-state index in [1.807, 2.05) is 33.0 Å². The van der Waals surface area contributed by atoms with E-state index in [0.717, 1.165) is 23.1 Å². The molecule has 0 spiro atoms. The van der Waals surface area contributed by atoms with E-state index in [1.165, 1.54) is 15.8 Å². The van der Waals surface area contributed by atoms with Gasteiger partial charge in [0.25, 0.3) is 11.8 Å². The van der Waals surface area contributed by atoms with Crippen LogP contribution >= 0.6 is 0 Å². The van der Waals surface area contributed by atoms with Gasteiger partial charge in [0, 0.05) is 42.1 Å². The van der Waals surface area contributed by atoms with Crippen LogP contribution in [0.5, 0.6) is 0 Å². The predicted molar refractivity (Wildman–Crippen MR) is 152 cm³/mol. The minimum atomic E-state index is -2.01. The molecule has 0 radical (unpaired) electrons. The number of fused-ring (bicyclic) bond motifs is 5. The fraction of sp³-hybridized carbons (Fsp3) is 0.581. The van der Waals surface area contributed by atoms with Crippen molar-refractivity contribution in [3.8, 4) is 0 Å². The van der Waals surface area contributed by atoms with Crippen molar-refractivity contribution in [2.24, 2.45) is 17.8 Å². The fourth-order valence-corrected chi connectivity index (χ4v) is 7.97. The Balaban J connectivity index is 1.25. The molecule has 0 bridgehead atoms. The number of hydrogen-bond donors (Lipinski definition) is 3. The summed E-state index contributed by atoms with van der Waals surface area (Å²) in [6.07, 6.45) is 6.21. The van der Waals surface area contributed by atoms with E-state index in [9.17, 15) is 19.5 Å². The Labute approximate surface area is 239 Å². The summed E-state index contributed by atoms with van der Waals surface area (Å²) < 4.78 is 6.40. The number of aromatic nitrogens is 1. The Kier molecular flexibility index (Phi) is 5.79. The standard InChI is InChI=1S/C31H39N5O5/c1-16(2)26-28(38)35-11-7-10-24(35)31(40)36(26)29(39)30(41-31,17(3)4)33-27(37)19-12-21-20-8-6-9-22-25(20)18(14-32-22)13-23(21)34(5)15-19/h6,8-9,12,14,16-17,19,23-24,26,32,40H,7,10-11,13,15H2,1-5H3,(H,33,37)/t19-,23-,24?,26?,30+,31+/m1/s1. The molecule has 0 saturated carbocycles. The topological polar surface area (TPSA) is 118 Å². The lowest BCUT2D eigenvalue weighted by Gasteiger charge is -2.49. The predicted octanol–water partition coefficient (Wildman–Crippen LogP) is 2.04. The molecular weight excluding hydrogens is 522 g/mol. The first-order valence-corrected chi connectivity index (χ1v) is 14.9. The maximum absolute atomic E-state index is 14.3. The molecule has 3 amide bonds. The lowest BCUT2D eigenvalue weighted by Crippen LogP contribution is -2.72. The van der Waals surface area contributed by atoms with Gasteiger partial charge < -0.3 is 20.3 Å². The molecule has 3 saturated heterocycles. The number of piperazine rings is 1. The first-order valence-electron chi connectivity index (χ1n) is 14.9. The third-order valence-electron chi connectivity index (χ3n) is 10.1. The number of amides is 3. The number of carbonyl (C=O) groups excluding carboxylic acids is 3. The summed E-state index contributed by atoms with van der Waals surface area (Å²) in [6, 6.07) is 4.80. The molecular formula is C31H39N5O5. The molecule has 10 heteroatoms. The van der Waals surface area contributed by atoms with Crippen LogP contribution < -0.4 is 5.32 Å². The Morgan fingerprint density at radius 2 is 2.00 bits per heavy atom. The molecule has 2 unspecified atom stereocenters. The van der Waals surface area contributed by atoms with E-state index >= 15 is 0 Å². The van der Waals surface area contributed by atoms with Crippen LogP contribution in [0, 0.1) is 17.8 Å². The molecule has 6 atom stereocenters. The molecule has 1 aromatic carbocycles. The first-order chi connectivity index (χ1) is 19.5. The minimum Gasteiger partial charge on any atom is -0.361 e. The second-order valence-corrected chi connectivity index (χ2v) is 13.1. The number of hydrogen-bond acceptors (Lipinski definition) is 6. The van der Waals surface area contributed by atoms with Gasteiger partial charge in [-0.2, -0.15) is 0 Å². The van der Waals surface area contributed by atoms with Crippen molar-refractivity contribution in [1.82, 2.24) is 25.0 Å². The Morgan fingerprint density at radius 1 is 1.22 bits per heavy atom. The number of carbonyl (C=O) groups is 3. The zero-order valence-corrected chi connectivity index (χ0v) is 24.3. The zero-order valence-electron chi connectivity index (χ0n) is 24.3. The summed E-state index contributed by atoms with van der Waals surface area (Å²) in [6.45, 7) is 8.32. The molecule has 1 aromatic heterocycles. The van der Waals surface area contributed by atoms with E-state index in [0.29, 0.717) is 25.9 Å². The minimum absolute atomic E-state index is 0.150. The van der Waals surface area contributed by atoms with E-state index in [2.05, 4.69) is 33.5 Å². The fourth-order valence-electron chi connectivity index (χ4n) is 7.97. The van der Waals surface area contributed by atoms with Crippen LogP contribution in [-0.2, 0) is 25.5 Å². The molecule has 2 aromatic rings. The lowest BCUT2D eigenvalue weighted by atomic mass is 9.79. The third-order valence-corrected chi connectivity index (χ3v) is 10.1. The third kappa shape index (κ3) is 3.50. The molecule has 5 aliphatic rings. The van der Waals surface area contributed by atoms with Crippen molar-refractivity contribution < 1.29 is 24.2 Å². The van der Waals surface area contributed by atoms with Crippen molar-refractivity contribution in [2.45, 2.75) is 76.7 Å². The summed E-state index contributed by atoms with van der Waals surface area (Å²) in [5.74, 6) is -4.36. The lowest BCUT2D eigenvalue weighted by molar-refractivity contribution is -0.323. The Hall–Kier alpha value is -3.21. The number of ether oxygens (including phenoxy) is 1. The number of benzene rings is 1. The SMILES string of the molecule is CC(C)C1C(=O)N2CCCC2[C@]2(O)O[C@@](NC(=O)[C@@H]3C=C4c5cccc6[nH]cc(c56)C[C@H]4N(C)C3)(C(C)C)C(=O)N12. The maximum Gasteiger partial charge on any atom is 0.281 e. The highest BCUT2D eigenvalue weighted by Gasteiger charge is 2.72. The molecule has 218 valence electrons. The number of H-pyrrole nitrogens is 1. The van der Waals surface area contributed by atoms with Gasteiger partial charge in [0.15, 0.2) is 0 Å². The van der Waals surface area contributed by atoms with Crippen molar-refractivity contribution in [3.63, 3.8) is 0 Å². The average Bonchev–Trinajstić information content (AvgIpc) is 3.64. The highest BCUT2D eigenvalue weighted by Crippen LogP contribution is 2.49. The molecule has 7 rings (SSSR count). The summed E-state index contributed by atoms with van der Waals surface area (Å²) in [5, 5.41) is 16.2. The summed E-state index contributed by atoms with van der Waals surface area (Å²) in [4.78, 5) is 50.4. The van der Waals surface area contributed by atoms with Gasteiger partial charge >= 0.3 is 0 Å². The number of rotatable bonds is 4. The van der Waals surface area contributed by atoms with Crippen molar-refractivity contribution >= 4 is 34.2 Å². The number of aromatic amines is 1. The Morgan fingerprint density at radius 3 is 2.73 bits per heavy atom. The van der Waals surface area contributed by atoms with Gasteiger partial charge in [0.1, 0.15) is 12.1 Å². The van der Waals surface area contributed by atoms with Crippen LogP contribution in [0.3, 0.4) is 0 Å². The van der Waals surface area contributed by atoms with Crippen LogP contribution in [-0.4, -0.2) is 92.4 Å². The molecule has 10 nitrogen and oxygen atoms in total. The average molecular weight is 562 g/mol. The second-order valence-electron chi connectivity index (χ2n) is 13.1. The monoisotopic (exact) mass is 561 g/mol. The molecule has 4 aliphatic heterocycles. The highest BCUT2D eigenvalue weighted by molar-refractivity contribution is 6.01. The van der Waals surface area contributed by atoms with Crippen LogP contribution in [0.2, 0.25) is 0 Å². The van der Waals surface area contributed by atoms with Crippen LogP contribution in [0.15, 0.2) is 30.5 Å². The van der Waals surface area contributed by atoms with Gasteiger partial charge in [-0.15, -0.1) is 0 Å². The van der Waals surface area contributed by atoms with Gasteiger partial charge in [-0.25, -0.2) is 0 Å². The summed E-state index contributed by atoms with van der Waals surface area (Å²) in [5.41, 5.74) is 2.78. The van der Waals surface area contributed by atoms with Crippen molar-refractivity contribution in [1.29, 1.82) is 0 Å². The molecule has 3 N–H and O–H groups in total. The van der Waals surface area contributed by atoms with Gasteiger partial charge in [-0.1, -0.05) is 45.9 Å². The van der Waals surface area contributed by atoms with Crippen LogP contribution in [0.1, 0.15) is 51.7 Å². The van der Waals surface area contributed by atoms with E-state index in [1.54, 1.807) is 18.7 Å². The van der Waals surface area contributed by atoms with E-state index in [-0.39, 0.29) is 23.8 Å². The first kappa shape index (κ1) is 26.7. The van der Waals surface area contributed by atoms with E-state index < -0.39 is 41.5 Å². The molecule has 5 heterocycles. The number of aliphatic hydroxyl groups is 1. The van der Waals surface area contributed by atoms with Crippen LogP contribution in [0.25, 0.3) is 16.5 Å². The zero-order chi connectivity index (χ0) is 29.0. The van der Waals surface area contributed by atoms with Crippen LogP contribution in [0.4, 0.5) is 0 Å². The number of likely N-dealkylation sites (N-methyl/N-ethyl adjacent to an activating group) is 1. The quantitative estimate of drug-likeness (QED) is 0.526. The van der Waals surface area contributed by atoms with Gasteiger partial charge in [0.2, 0.25) is 17.5 Å². The van der Waals surface area contributed by atoms with Gasteiger partial charge in [-0.3, -0.25) is 28.9 Å². The highest BCUT2D eigenvalue weighted by atomic mass is 16.7. The molecule has 41 heavy (non-hydrogen) atoms. The summed E-state index contributed by atoms with van der Waals surface area (Å²) >= 11 is 0. The van der Waals surface area contributed by atoms with Crippen molar-refractivity contribution in [3.05, 3.63) is 41.6 Å². The largest absolute Gasteiger partial charge is 0.361 e. The normalized spacial score (nSPS) is 34.8. The van der Waals surface area contributed by atoms with E-state index in [4.69, 9.17) is 4.74 Å². The maximum atomic E-state index is 14.3. The van der Waals surface area contributed by atoms with Crippen molar-refractivity contribution in [2.75, 3.05) is 20.1 Å². The Bertz CT molecular complexity index is 1500. The smallest absolute Gasteiger partial charge is 0.281 e. The number of nitrogens with zero attached hydrogens (tertiary/aromatic N) is 3. The second kappa shape index (κ2) is 8.89. The number of nitrogens with one attached hydrogen (secondary N) is 2. The van der Waals surface area contributed by atoms with Gasteiger partial charge in [-0.05, 0) is 55.0 Å². The summed E-state index contributed by atoms with van der Waals surface area (Å²) in [7, 11) is 2.03. The molecule has 3 fully saturated rings.